The highest BCUT2D eigenvalue weighted by Gasteiger charge is 2.10. The van der Waals surface area contributed by atoms with Crippen LogP contribution in [0.25, 0.3) is 0 Å². The summed E-state index contributed by atoms with van der Waals surface area (Å²) in [5, 5.41) is 3.74. The van der Waals surface area contributed by atoms with Gasteiger partial charge in [0.2, 0.25) is 0 Å². The highest BCUT2D eigenvalue weighted by atomic mass is 35.5. The van der Waals surface area contributed by atoms with E-state index in [-0.39, 0.29) is 0 Å². The first-order chi connectivity index (χ1) is 9.13. The van der Waals surface area contributed by atoms with Crippen molar-refractivity contribution in [3.8, 4) is 11.5 Å². The molecule has 0 spiro atoms. The number of halogens is 1. The maximum Gasteiger partial charge on any atom is 0.144 e. The summed E-state index contributed by atoms with van der Waals surface area (Å²) in [6, 6.07) is 10.9. The maximum absolute atomic E-state index is 6.05. The molecule has 3 N–H and O–H groups in total. The monoisotopic (exact) mass is 278 g/mol. The predicted octanol–water partition coefficient (Wildman–Crippen LogP) is 3.68. The van der Waals surface area contributed by atoms with Gasteiger partial charge in [0, 0.05) is 23.5 Å². The SMILES string of the molecule is COc1cc(Nc2ccc(N)cc2)c(OC)cc1Cl. The molecular formula is C14H15ClN2O2. The van der Waals surface area contributed by atoms with Crippen molar-refractivity contribution in [1.82, 2.24) is 0 Å². The molecule has 0 fully saturated rings. The van der Waals surface area contributed by atoms with Crippen molar-refractivity contribution >= 4 is 28.7 Å². The third kappa shape index (κ3) is 3.03. The van der Waals surface area contributed by atoms with E-state index in [2.05, 4.69) is 5.32 Å². The molecule has 0 radical (unpaired) electrons. The van der Waals surface area contributed by atoms with Crippen LogP contribution in [0.2, 0.25) is 5.02 Å². The van der Waals surface area contributed by atoms with Gasteiger partial charge in [0.15, 0.2) is 0 Å². The van der Waals surface area contributed by atoms with Gasteiger partial charge in [-0.3, -0.25) is 0 Å². The summed E-state index contributed by atoms with van der Waals surface area (Å²) in [4.78, 5) is 0. The summed E-state index contributed by atoms with van der Waals surface area (Å²) in [5.41, 5.74) is 8.04. The molecule has 2 aromatic rings. The molecule has 0 aromatic heterocycles. The number of hydrogen-bond donors (Lipinski definition) is 2. The lowest BCUT2D eigenvalue weighted by molar-refractivity contribution is 0.405. The fourth-order valence-electron chi connectivity index (χ4n) is 1.68. The Morgan fingerprint density at radius 3 is 2.21 bits per heavy atom. The Morgan fingerprint density at radius 1 is 1.00 bits per heavy atom. The molecule has 0 aliphatic rings. The zero-order valence-electron chi connectivity index (χ0n) is 10.7. The molecule has 0 aliphatic heterocycles. The Bertz CT molecular complexity index is 570. The molecule has 0 saturated heterocycles. The van der Waals surface area contributed by atoms with Gasteiger partial charge in [-0.2, -0.15) is 0 Å². The zero-order valence-corrected chi connectivity index (χ0v) is 11.5. The van der Waals surface area contributed by atoms with Crippen molar-refractivity contribution in [2.24, 2.45) is 0 Å². The molecule has 2 rings (SSSR count). The maximum atomic E-state index is 6.05. The van der Waals surface area contributed by atoms with Crippen LogP contribution in [0.3, 0.4) is 0 Å². The fourth-order valence-corrected chi connectivity index (χ4v) is 1.91. The van der Waals surface area contributed by atoms with Crippen LogP contribution in [-0.2, 0) is 0 Å². The minimum Gasteiger partial charge on any atom is -0.495 e. The van der Waals surface area contributed by atoms with E-state index in [1.54, 1.807) is 26.4 Å². The van der Waals surface area contributed by atoms with Gasteiger partial charge in [-0.05, 0) is 24.3 Å². The number of nitrogen functional groups attached to an aromatic ring is 1. The lowest BCUT2D eigenvalue weighted by atomic mass is 10.2. The highest BCUT2D eigenvalue weighted by molar-refractivity contribution is 6.32. The first kappa shape index (κ1) is 13.4. The van der Waals surface area contributed by atoms with Crippen molar-refractivity contribution in [3.05, 3.63) is 41.4 Å². The van der Waals surface area contributed by atoms with E-state index in [1.807, 2.05) is 24.3 Å². The van der Waals surface area contributed by atoms with Gasteiger partial charge >= 0.3 is 0 Å². The number of nitrogens with two attached hydrogens (primary N) is 1. The van der Waals surface area contributed by atoms with Crippen molar-refractivity contribution < 1.29 is 9.47 Å². The number of benzene rings is 2. The molecule has 0 unspecified atom stereocenters. The Kier molecular flexibility index (Phi) is 4.02. The fraction of sp³-hybridized carbons (Fsp3) is 0.143. The molecule has 100 valence electrons. The lowest BCUT2D eigenvalue weighted by Gasteiger charge is -2.14. The number of hydrogen-bond acceptors (Lipinski definition) is 4. The van der Waals surface area contributed by atoms with E-state index in [9.17, 15) is 0 Å². The molecule has 0 amide bonds. The summed E-state index contributed by atoms with van der Waals surface area (Å²) in [6.45, 7) is 0. The van der Waals surface area contributed by atoms with Crippen LogP contribution >= 0.6 is 11.6 Å². The van der Waals surface area contributed by atoms with Crippen LogP contribution in [0.4, 0.5) is 17.1 Å². The minimum absolute atomic E-state index is 0.502. The largest absolute Gasteiger partial charge is 0.495 e. The predicted molar refractivity (Wildman–Crippen MR) is 78.7 cm³/mol. The van der Waals surface area contributed by atoms with Crippen LogP contribution in [0.5, 0.6) is 11.5 Å². The molecule has 0 heterocycles. The van der Waals surface area contributed by atoms with Crippen LogP contribution in [0.15, 0.2) is 36.4 Å². The number of nitrogens with one attached hydrogen (secondary N) is 1. The second kappa shape index (κ2) is 5.71. The Balaban J connectivity index is 2.35. The molecular weight excluding hydrogens is 264 g/mol. The van der Waals surface area contributed by atoms with Gasteiger partial charge in [0.05, 0.1) is 24.9 Å². The number of anilines is 3. The van der Waals surface area contributed by atoms with Crippen LogP contribution < -0.4 is 20.5 Å². The Morgan fingerprint density at radius 2 is 1.63 bits per heavy atom. The smallest absolute Gasteiger partial charge is 0.144 e. The molecule has 0 bridgehead atoms. The van der Waals surface area contributed by atoms with E-state index in [0.29, 0.717) is 22.2 Å². The topological polar surface area (TPSA) is 56.5 Å². The van der Waals surface area contributed by atoms with Gasteiger partial charge in [0.25, 0.3) is 0 Å². The van der Waals surface area contributed by atoms with Gasteiger partial charge in [-0.15, -0.1) is 0 Å². The minimum atomic E-state index is 0.502. The van der Waals surface area contributed by atoms with Crippen LogP contribution in [0, 0.1) is 0 Å². The van der Waals surface area contributed by atoms with Crippen molar-refractivity contribution in [2.45, 2.75) is 0 Å². The van der Waals surface area contributed by atoms with Gasteiger partial charge in [0.1, 0.15) is 11.5 Å². The Labute approximate surface area is 117 Å². The zero-order chi connectivity index (χ0) is 13.8. The Hall–Kier alpha value is -2.07. The van der Waals surface area contributed by atoms with Crippen LogP contribution in [0.1, 0.15) is 0 Å². The first-order valence-electron chi connectivity index (χ1n) is 5.68. The second-order valence-corrected chi connectivity index (χ2v) is 4.34. The third-order valence-electron chi connectivity index (χ3n) is 2.66. The number of methoxy groups -OCH3 is 2. The molecule has 4 nitrogen and oxygen atoms in total. The van der Waals surface area contributed by atoms with Gasteiger partial charge in [-0.25, -0.2) is 0 Å². The summed E-state index contributed by atoms with van der Waals surface area (Å²) in [6.07, 6.45) is 0. The molecule has 19 heavy (non-hydrogen) atoms. The van der Waals surface area contributed by atoms with Crippen molar-refractivity contribution in [3.63, 3.8) is 0 Å². The quantitative estimate of drug-likeness (QED) is 0.838. The number of rotatable bonds is 4. The van der Waals surface area contributed by atoms with Crippen molar-refractivity contribution in [2.75, 3.05) is 25.3 Å². The molecule has 0 atom stereocenters. The summed E-state index contributed by atoms with van der Waals surface area (Å²) in [7, 11) is 3.16. The summed E-state index contributed by atoms with van der Waals surface area (Å²) in [5.74, 6) is 1.23. The van der Waals surface area contributed by atoms with E-state index < -0.39 is 0 Å². The number of ether oxygens (including phenoxy) is 2. The van der Waals surface area contributed by atoms with Gasteiger partial charge < -0.3 is 20.5 Å². The normalized spacial score (nSPS) is 10.1. The van der Waals surface area contributed by atoms with Crippen LogP contribution in [-0.4, -0.2) is 14.2 Å². The average molecular weight is 279 g/mol. The molecule has 2 aromatic carbocycles. The standard InChI is InChI=1S/C14H15ClN2O2/c1-18-13-8-12(14(19-2)7-11(13)15)17-10-5-3-9(16)4-6-10/h3-8,17H,16H2,1-2H3. The van der Waals surface area contributed by atoms with E-state index in [4.69, 9.17) is 26.8 Å². The lowest BCUT2D eigenvalue weighted by Crippen LogP contribution is -1.96. The summed E-state index contributed by atoms with van der Waals surface area (Å²) >= 11 is 6.05. The van der Waals surface area contributed by atoms with Gasteiger partial charge in [-0.1, -0.05) is 11.6 Å². The van der Waals surface area contributed by atoms with Crippen molar-refractivity contribution in [1.29, 1.82) is 0 Å². The second-order valence-electron chi connectivity index (χ2n) is 3.93. The van der Waals surface area contributed by atoms with E-state index >= 15 is 0 Å². The summed E-state index contributed by atoms with van der Waals surface area (Å²) < 4.78 is 10.5. The highest BCUT2D eigenvalue weighted by Crippen LogP contribution is 2.37. The molecule has 0 aliphatic carbocycles. The van der Waals surface area contributed by atoms with E-state index in [0.717, 1.165) is 11.4 Å². The third-order valence-corrected chi connectivity index (χ3v) is 2.96. The van der Waals surface area contributed by atoms with E-state index in [1.165, 1.54) is 0 Å². The average Bonchev–Trinajstić information content (AvgIpc) is 2.42. The molecule has 5 heteroatoms. The molecule has 0 saturated carbocycles. The first-order valence-corrected chi connectivity index (χ1v) is 6.06.